The molecule has 0 aliphatic carbocycles. The van der Waals surface area contributed by atoms with Gasteiger partial charge in [0.05, 0.1) is 23.9 Å². The Hall–Kier alpha value is -2.09. The summed E-state index contributed by atoms with van der Waals surface area (Å²) in [5.41, 5.74) is 3.01. The third kappa shape index (κ3) is 3.03. The van der Waals surface area contributed by atoms with E-state index < -0.39 is 0 Å². The Morgan fingerprint density at radius 3 is 2.96 bits per heavy atom. The zero-order valence-electron chi connectivity index (χ0n) is 12.7. The Balaban J connectivity index is 0.00000156. The Kier molecular flexibility index (Phi) is 4.51. The van der Waals surface area contributed by atoms with Gasteiger partial charge in [0.1, 0.15) is 5.75 Å². The van der Waals surface area contributed by atoms with Gasteiger partial charge in [-0.3, -0.25) is 9.88 Å². The van der Waals surface area contributed by atoms with Crippen LogP contribution in [0.15, 0.2) is 42.6 Å². The molecule has 2 aliphatic heterocycles. The number of rotatable bonds is 2. The van der Waals surface area contributed by atoms with Gasteiger partial charge in [0.2, 0.25) is 0 Å². The van der Waals surface area contributed by atoms with Crippen molar-refractivity contribution in [3.05, 3.63) is 59.4 Å². The average molecular weight is 328 g/mol. The highest BCUT2D eigenvalue weighted by atomic mass is 35.5. The first-order valence-electron chi connectivity index (χ1n) is 7.62. The SMILES string of the molecule is Cl.N#Cc1ccc2c(c1)[C@@H]1CN(Cc3ccccn3)C[C@H]1CO2. The van der Waals surface area contributed by atoms with Crippen LogP contribution in [-0.2, 0) is 6.54 Å². The van der Waals surface area contributed by atoms with Gasteiger partial charge in [0, 0.05) is 43.2 Å². The van der Waals surface area contributed by atoms with Gasteiger partial charge >= 0.3 is 0 Å². The van der Waals surface area contributed by atoms with Crippen LogP contribution in [0.4, 0.5) is 0 Å². The molecule has 1 aromatic heterocycles. The lowest BCUT2D eigenvalue weighted by Crippen LogP contribution is -2.25. The van der Waals surface area contributed by atoms with Crippen molar-refractivity contribution in [3.8, 4) is 11.8 Å². The molecule has 118 valence electrons. The van der Waals surface area contributed by atoms with Crippen molar-refractivity contribution in [3.63, 3.8) is 0 Å². The molecule has 5 heteroatoms. The highest BCUT2D eigenvalue weighted by molar-refractivity contribution is 5.85. The molecule has 0 unspecified atom stereocenters. The number of fused-ring (bicyclic) bond motifs is 3. The van der Waals surface area contributed by atoms with Crippen molar-refractivity contribution >= 4 is 12.4 Å². The van der Waals surface area contributed by atoms with E-state index in [0.717, 1.165) is 37.7 Å². The summed E-state index contributed by atoms with van der Waals surface area (Å²) < 4.78 is 5.88. The molecule has 0 amide bonds. The van der Waals surface area contributed by atoms with Gasteiger partial charge < -0.3 is 4.74 Å². The summed E-state index contributed by atoms with van der Waals surface area (Å²) in [4.78, 5) is 6.85. The van der Waals surface area contributed by atoms with Crippen LogP contribution in [0.1, 0.15) is 22.7 Å². The van der Waals surface area contributed by atoms with Gasteiger partial charge in [-0.25, -0.2) is 0 Å². The summed E-state index contributed by atoms with van der Waals surface area (Å²) in [6.45, 7) is 3.67. The molecule has 1 saturated heterocycles. The second kappa shape index (κ2) is 6.57. The van der Waals surface area contributed by atoms with Gasteiger partial charge in [-0.15, -0.1) is 12.4 Å². The fraction of sp³-hybridized carbons (Fsp3) is 0.333. The number of hydrogen-bond acceptors (Lipinski definition) is 4. The topological polar surface area (TPSA) is 49.2 Å². The Morgan fingerprint density at radius 1 is 1.26 bits per heavy atom. The van der Waals surface area contributed by atoms with Crippen molar-refractivity contribution in [2.24, 2.45) is 5.92 Å². The second-order valence-corrected chi connectivity index (χ2v) is 6.06. The summed E-state index contributed by atoms with van der Waals surface area (Å²) in [5, 5.41) is 9.12. The third-order valence-corrected chi connectivity index (χ3v) is 4.62. The maximum absolute atomic E-state index is 9.12. The molecule has 4 rings (SSSR count). The summed E-state index contributed by atoms with van der Waals surface area (Å²) >= 11 is 0. The first-order valence-corrected chi connectivity index (χ1v) is 7.62. The molecule has 23 heavy (non-hydrogen) atoms. The van der Waals surface area contributed by atoms with Gasteiger partial charge in [-0.05, 0) is 30.3 Å². The first-order chi connectivity index (χ1) is 10.8. The zero-order chi connectivity index (χ0) is 14.9. The lowest BCUT2D eigenvalue weighted by molar-refractivity contribution is 0.212. The van der Waals surface area contributed by atoms with Crippen LogP contribution in [0.2, 0.25) is 0 Å². The fourth-order valence-corrected chi connectivity index (χ4v) is 3.57. The van der Waals surface area contributed by atoms with Crippen molar-refractivity contribution < 1.29 is 4.74 Å². The number of nitrogens with zero attached hydrogens (tertiary/aromatic N) is 3. The van der Waals surface area contributed by atoms with E-state index in [1.165, 1.54) is 5.56 Å². The largest absolute Gasteiger partial charge is 0.493 e. The average Bonchev–Trinajstić information content (AvgIpc) is 2.98. The van der Waals surface area contributed by atoms with E-state index in [4.69, 9.17) is 10.00 Å². The van der Waals surface area contributed by atoms with Crippen LogP contribution < -0.4 is 4.74 Å². The Labute approximate surface area is 142 Å². The molecule has 0 radical (unpaired) electrons. The van der Waals surface area contributed by atoms with E-state index in [9.17, 15) is 0 Å². The highest BCUT2D eigenvalue weighted by Gasteiger charge is 2.38. The van der Waals surface area contributed by atoms with E-state index >= 15 is 0 Å². The van der Waals surface area contributed by atoms with Gasteiger partial charge in [0.15, 0.2) is 0 Å². The molecule has 0 bridgehead atoms. The third-order valence-electron chi connectivity index (χ3n) is 4.62. The Morgan fingerprint density at radius 2 is 2.17 bits per heavy atom. The predicted molar refractivity (Wildman–Crippen MR) is 89.6 cm³/mol. The maximum atomic E-state index is 9.12. The lowest BCUT2D eigenvalue weighted by atomic mass is 9.86. The molecule has 0 saturated carbocycles. The van der Waals surface area contributed by atoms with E-state index in [0.29, 0.717) is 17.4 Å². The predicted octanol–water partition coefficient (Wildman–Crippen LogP) is 2.98. The molecule has 2 aromatic rings. The zero-order valence-corrected chi connectivity index (χ0v) is 13.5. The number of ether oxygens (including phenoxy) is 1. The summed E-state index contributed by atoms with van der Waals surface area (Å²) in [7, 11) is 0. The molecular weight excluding hydrogens is 310 g/mol. The van der Waals surface area contributed by atoms with Gasteiger partial charge in [-0.2, -0.15) is 5.26 Å². The molecular formula is C18H18ClN3O. The lowest BCUT2D eigenvalue weighted by Gasteiger charge is -2.27. The van der Waals surface area contributed by atoms with Crippen molar-refractivity contribution in [1.82, 2.24) is 9.88 Å². The monoisotopic (exact) mass is 327 g/mol. The van der Waals surface area contributed by atoms with Crippen LogP contribution >= 0.6 is 12.4 Å². The molecule has 3 heterocycles. The van der Waals surface area contributed by atoms with Crippen LogP contribution in [0, 0.1) is 17.2 Å². The molecule has 4 nitrogen and oxygen atoms in total. The summed E-state index contributed by atoms with van der Waals surface area (Å²) in [5.74, 6) is 1.91. The quantitative estimate of drug-likeness (QED) is 0.851. The summed E-state index contributed by atoms with van der Waals surface area (Å²) in [6.07, 6.45) is 1.84. The number of hydrogen-bond donors (Lipinski definition) is 0. The first kappa shape index (κ1) is 15.8. The van der Waals surface area contributed by atoms with E-state index in [1.54, 1.807) is 0 Å². The Bertz CT molecular complexity index is 729. The van der Waals surface area contributed by atoms with Crippen molar-refractivity contribution in [2.45, 2.75) is 12.5 Å². The fourth-order valence-electron chi connectivity index (χ4n) is 3.57. The molecule has 2 aliphatic rings. The minimum absolute atomic E-state index is 0. The molecule has 1 aromatic carbocycles. The van der Waals surface area contributed by atoms with E-state index in [-0.39, 0.29) is 12.4 Å². The van der Waals surface area contributed by atoms with E-state index in [2.05, 4.69) is 22.0 Å². The minimum Gasteiger partial charge on any atom is -0.493 e. The van der Waals surface area contributed by atoms with Crippen LogP contribution in [0.25, 0.3) is 0 Å². The van der Waals surface area contributed by atoms with Gasteiger partial charge in [-0.1, -0.05) is 6.07 Å². The smallest absolute Gasteiger partial charge is 0.122 e. The van der Waals surface area contributed by atoms with Gasteiger partial charge in [0.25, 0.3) is 0 Å². The van der Waals surface area contributed by atoms with Crippen LogP contribution in [0.5, 0.6) is 5.75 Å². The number of nitriles is 1. The molecule has 2 atom stereocenters. The summed E-state index contributed by atoms with van der Waals surface area (Å²) in [6, 6.07) is 14.0. The number of likely N-dealkylation sites (tertiary alicyclic amines) is 1. The molecule has 0 spiro atoms. The van der Waals surface area contributed by atoms with Crippen LogP contribution in [-0.4, -0.2) is 29.6 Å². The minimum atomic E-state index is 0. The molecule has 1 fully saturated rings. The normalized spacial score (nSPS) is 22.2. The van der Waals surface area contributed by atoms with Crippen molar-refractivity contribution in [1.29, 1.82) is 5.26 Å². The highest BCUT2D eigenvalue weighted by Crippen LogP contribution is 2.42. The maximum Gasteiger partial charge on any atom is 0.122 e. The van der Waals surface area contributed by atoms with E-state index in [1.807, 2.05) is 36.5 Å². The standard InChI is InChI=1S/C18H17N3O.ClH/c19-8-13-4-5-18-16(7-13)17-11-21(9-14(17)12-22-18)10-15-3-1-2-6-20-15;/h1-7,14,17H,9-12H2;1H/t14-,17+;/m0./s1. The number of pyridine rings is 1. The van der Waals surface area contributed by atoms with Crippen molar-refractivity contribution in [2.75, 3.05) is 19.7 Å². The second-order valence-electron chi connectivity index (χ2n) is 6.06. The number of benzene rings is 1. The number of halogens is 1. The van der Waals surface area contributed by atoms with Crippen LogP contribution in [0.3, 0.4) is 0 Å². The number of aromatic nitrogens is 1. The molecule has 0 N–H and O–H groups in total.